The molecule has 0 aliphatic carbocycles. The fourth-order valence-electron chi connectivity index (χ4n) is 3.03. The molecule has 3 aromatic rings. The summed E-state index contributed by atoms with van der Waals surface area (Å²) in [6.07, 6.45) is 1.98. The zero-order valence-corrected chi connectivity index (χ0v) is 20.8. The van der Waals surface area contributed by atoms with Gasteiger partial charge >= 0.3 is 0 Å². The van der Waals surface area contributed by atoms with Crippen LogP contribution in [0.3, 0.4) is 0 Å². The molecule has 1 nitrogen and oxygen atoms in total. The number of hydrogen-bond donors (Lipinski definition) is 0. The Balaban J connectivity index is 0.00000106. The van der Waals surface area contributed by atoms with Gasteiger partial charge in [-0.25, -0.2) is 0 Å². The van der Waals surface area contributed by atoms with Gasteiger partial charge in [0.1, 0.15) is 0 Å². The summed E-state index contributed by atoms with van der Waals surface area (Å²) >= 11 is 0. The van der Waals surface area contributed by atoms with Crippen molar-refractivity contribution >= 4 is 0 Å². The summed E-state index contributed by atoms with van der Waals surface area (Å²) in [5, 5.41) is 0. The second kappa shape index (κ2) is 11.1. The zero-order valence-electron chi connectivity index (χ0n) is 20.8. The Morgan fingerprint density at radius 1 is 0.467 bits per heavy atom. The smallest absolute Gasteiger partial charge is 0.0457 e. The number of hydrogen-bond acceptors (Lipinski definition) is 1. The highest BCUT2D eigenvalue weighted by Crippen LogP contribution is 2.28. The van der Waals surface area contributed by atoms with Crippen molar-refractivity contribution in [3.63, 3.8) is 0 Å². The van der Waals surface area contributed by atoms with E-state index in [1.807, 2.05) is 33.9 Å². The van der Waals surface area contributed by atoms with Crippen LogP contribution in [0.15, 0.2) is 66.9 Å². The summed E-state index contributed by atoms with van der Waals surface area (Å²) in [6.45, 7) is 21.3. The van der Waals surface area contributed by atoms with Crippen molar-refractivity contribution < 1.29 is 0 Å². The van der Waals surface area contributed by atoms with Crippen molar-refractivity contribution in [1.82, 2.24) is 4.98 Å². The van der Waals surface area contributed by atoms with Crippen LogP contribution in [0.4, 0.5) is 0 Å². The third-order valence-electron chi connectivity index (χ3n) is 4.83. The largest absolute Gasteiger partial charge is 0.260 e. The summed E-state index contributed by atoms with van der Waals surface area (Å²) in [7, 11) is 0. The van der Waals surface area contributed by atoms with Crippen LogP contribution in [0.2, 0.25) is 0 Å². The lowest BCUT2D eigenvalue weighted by Gasteiger charge is -2.19. The van der Waals surface area contributed by atoms with E-state index in [0.717, 1.165) is 11.3 Å². The summed E-state index contributed by atoms with van der Waals surface area (Å²) in [6, 6.07) is 22.0. The third kappa shape index (κ3) is 6.83. The molecule has 0 unspecified atom stereocenters. The van der Waals surface area contributed by atoms with Crippen LogP contribution < -0.4 is 0 Å². The van der Waals surface area contributed by atoms with Gasteiger partial charge in [0.05, 0.1) is 0 Å². The molecule has 0 aliphatic rings. The predicted octanol–water partition coefficient (Wildman–Crippen LogP) is 9.06. The van der Waals surface area contributed by atoms with Crippen molar-refractivity contribution in [1.29, 1.82) is 0 Å². The van der Waals surface area contributed by atoms with E-state index in [1.165, 1.54) is 22.3 Å². The quantitative estimate of drug-likeness (QED) is 0.416. The Morgan fingerprint density at radius 2 is 0.833 bits per heavy atom. The molecule has 0 saturated carbocycles. The van der Waals surface area contributed by atoms with E-state index in [9.17, 15) is 0 Å². The molecule has 2 aromatic carbocycles. The molecule has 162 valence electrons. The first kappa shape index (κ1) is 25.6. The number of pyridine rings is 1. The molecule has 0 spiro atoms. The molecule has 1 heterocycles. The van der Waals surface area contributed by atoms with Gasteiger partial charge in [-0.05, 0) is 33.7 Å². The fraction of sp³-hybridized carbons (Fsp3) is 0.414. The standard InChI is InChI=1S/C25H29N.2C2H6/c1-24(2,3)22-14-11-19(12-15-22)18-7-9-20(10-8-18)21-13-16-23(26-17-21)25(4,5)6;2*1-2/h7-17H,1-6H3;2*1-2H3. The molecule has 0 amide bonds. The van der Waals surface area contributed by atoms with Crippen LogP contribution in [0.25, 0.3) is 22.3 Å². The minimum Gasteiger partial charge on any atom is -0.260 e. The van der Waals surface area contributed by atoms with Crippen molar-refractivity contribution in [2.45, 2.75) is 80.1 Å². The summed E-state index contributed by atoms with van der Waals surface area (Å²) in [5.41, 5.74) is 7.62. The lowest BCUT2D eigenvalue weighted by molar-refractivity contribution is 0.569. The van der Waals surface area contributed by atoms with Crippen molar-refractivity contribution in [3.05, 3.63) is 78.1 Å². The maximum atomic E-state index is 4.64. The first-order valence-electron chi connectivity index (χ1n) is 11.3. The van der Waals surface area contributed by atoms with Crippen LogP contribution in [0.5, 0.6) is 0 Å². The molecular formula is C29H41N. The molecule has 1 heteroatoms. The monoisotopic (exact) mass is 403 g/mol. The highest BCUT2D eigenvalue weighted by Gasteiger charge is 2.15. The van der Waals surface area contributed by atoms with E-state index in [0.29, 0.717) is 0 Å². The van der Waals surface area contributed by atoms with Gasteiger partial charge in [-0.1, -0.05) is 124 Å². The Labute approximate surface area is 185 Å². The average Bonchev–Trinajstić information content (AvgIpc) is 2.76. The van der Waals surface area contributed by atoms with Gasteiger partial charge in [-0.15, -0.1) is 0 Å². The molecule has 0 saturated heterocycles. The van der Waals surface area contributed by atoms with Crippen LogP contribution in [-0.4, -0.2) is 4.98 Å². The van der Waals surface area contributed by atoms with Crippen molar-refractivity contribution in [2.24, 2.45) is 0 Å². The Hall–Kier alpha value is -2.41. The third-order valence-corrected chi connectivity index (χ3v) is 4.83. The fourth-order valence-corrected chi connectivity index (χ4v) is 3.03. The molecule has 0 atom stereocenters. The molecule has 0 bridgehead atoms. The van der Waals surface area contributed by atoms with Gasteiger partial charge in [-0.3, -0.25) is 4.98 Å². The van der Waals surface area contributed by atoms with Crippen LogP contribution in [-0.2, 0) is 10.8 Å². The number of rotatable bonds is 2. The Morgan fingerprint density at radius 3 is 1.17 bits per heavy atom. The van der Waals surface area contributed by atoms with E-state index >= 15 is 0 Å². The lowest BCUT2D eigenvalue weighted by Crippen LogP contribution is -2.12. The van der Waals surface area contributed by atoms with Gasteiger partial charge in [0.25, 0.3) is 0 Å². The Bertz CT molecular complexity index is 780. The Kier molecular flexibility index (Phi) is 9.49. The number of benzene rings is 2. The topological polar surface area (TPSA) is 12.9 Å². The minimum absolute atomic E-state index is 0.0849. The molecule has 0 aliphatic heterocycles. The first-order chi connectivity index (χ1) is 14.1. The van der Waals surface area contributed by atoms with Gasteiger partial charge in [0, 0.05) is 22.9 Å². The van der Waals surface area contributed by atoms with Gasteiger partial charge in [-0.2, -0.15) is 0 Å². The van der Waals surface area contributed by atoms with E-state index < -0.39 is 0 Å². The van der Waals surface area contributed by atoms with E-state index in [4.69, 9.17) is 0 Å². The zero-order chi connectivity index (χ0) is 22.9. The average molecular weight is 404 g/mol. The second-order valence-electron chi connectivity index (χ2n) is 9.09. The first-order valence-corrected chi connectivity index (χ1v) is 11.3. The molecule has 30 heavy (non-hydrogen) atoms. The molecule has 0 radical (unpaired) electrons. The molecule has 0 N–H and O–H groups in total. The van der Waals surface area contributed by atoms with Crippen LogP contribution >= 0.6 is 0 Å². The van der Waals surface area contributed by atoms with Gasteiger partial charge in [0.2, 0.25) is 0 Å². The summed E-state index contributed by atoms with van der Waals surface area (Å²) in [5.74, 6) is 0. The van der Waals surface area contributed by atoms with Gasteiger partial charge < -0.3 is 0 Å². The lowest BCUT2D eigenvalue weighted by atomic mass is 9.86. The van der Waals surface area contributed by atoms with Crippen LogP contribution in [0.1, 0.15) is 80.5 Å². The highest BCUT2D eigenvalue weighted by molar-refractivity contribution is 5.70. The van der Waals surface area contributed by atoms with E-state index in [2.05, 4.69) is 107 Å². The SMILES string of the molecule is CC.CC.CC(C)(C)c1ccc(-c2ccc(-c3ccc(C(C)(C)C)nc3)cc2)cc1. The van der Waals surface area contributed by atoms with Gasteiger partial charge in [0.15, 0.2) is 0 Å². The molecule has 0 fully saturated rings. The molecule has 1 aromatic heterocycles. The van der Waals surface area contributed by atoms with Crippen molar-refractivity contribution in [3.8, 4) is 22.3 Å². The number of aromatic nitrogens is 1. The maximum absolute atomic E-state index is 4.64. The second-order valence-corrected chi connectivity index (χ2v) is 9.09. The normalized spacial score (nSPS) is 11.0. The molecular weight excluding hydrogens is 362 g/mol. The highest BCUT2D eigenvalue weighted by atomic mass is 14.7. The van der Waals surface area contributed by atoms with E-state index in [1.54, 1.807) is 0 Å². The molecule has 3 rings (SSSR count). The summed E-state index contributed by atoms with van der Waals surface area (Å²) in [4.78, 5) is 4.64. The van der Waals surface area contributed by atoms with Crippen LogP contribution in [0, 0.1) is 0 Å². The summed E-state index contributed by atoms with van der Waals surface area (Å²) < 4.78 is 0. The predicted molar refractivity (Wildman–Crippen MR) is 135 cm³/mol. The van der Waals surface area contributed by atoms with Crippen molar-refractivity contribution in [2.75, 3.05) is 0 Å². The number of nitrogens with zero attached hydrogens (tertiary/aromatic N) is 1. The maximum Gasteiger partial charge on any atom is 0.0457 e. The minimum atomic E-state index is 0.0849. The van der Waals surface area contributed by atoms with E-state index in [-0.39, 0.29) is 10.8 Å².